The quantitative estimate of drug-likeness (QED) is 0.621. The van der Waals surface area contributed by atoms with E-state index in [1.165, 1.54) is 5.56 Å². The average Bonchev–Trinajstić information content (AvgIpc) is 3.08. The fraction of sp³-hybridized carbons (Fsp3) is 0.391. The molecule has 0 aromatic heterocycles. The van der Waals surface area contributed by atoms with Gasteiger partial charge in [-0.3, -0.25) is 9.59 Å². The standard InChI is InChI=1S/C23H27NO5/c1-2-4-17-7-9-20(10-8-17)28-11-12-29-21-6-3-5-18(13-21)15-24-16-19(23(26)27)14-22(24)25/h3,5-10,13,19H,2,4,11-12,14-16H2,1H3,(H,26,27). The first-order valence-corrected chi connectivity index (χ1v) is 9.99. The first-order chi connectivity index (χ1) is 14.0. The van der Waals surface area contributed by atoms with E-state index in [2.05, 4.69) is 19.1 Å². The van der Waals surface area contributed by atoms with E-state index in [1.807, 2.05) is 36.4 Å². The van der Waals surface area contributed by atoms with Crippen molar-refractivity contribution in [1.29, 1.82) is 0 Å². The van der Waals surface area contributed by atoms with Crippen LogP contribution in [0.25, 0.3) is 0 Å². The van der Waals surface area contributed by atoms with Crippen LogP contribution in [0, 0.1) is 5.92 Å². The molecular formula is C23H27NO5. The fourth-order valence-electron chi connectivity index (χ4n) is 3.40. The van der Waals surface area contributed by atoms with E-state index >= 15 is 0 Å². The second kappa shape index (κ2) is 9.96. The van der Waals surface area contributed by atoms with Gasteiger partial charge in [-0.25, -0.2) is 0 Å². The van der Waals surface area contributed by atoms with Crippen LogP contribution in [0.15, 0.2) is 48.5 Å². The number of hydrogen-bond donors (Lipinski definition) is 1. The van der Waals surface area contributed by atoms with Gasteiger partial charge in [0.1, 0.15) is 24.7 Å². The van der Waals surface area contributed by atoms with E-state index in [4.69, 9.17) is 14.6 Å². The van der Waals surface area contributed by atoms with Crippen molar-refractivity contribution in [3.05, 3.63) is 59.7 Å². The Morgan fingerprint density at radius 2 is 1.79 bits per heavy atom. The number of ether oxygens (including phenoxy) is 2. The van der Waals surface area contributed by atoms with Gasteiger partial charge in [0.15, 0.2) is 0 Å². The van der Waals surface area contributed by atoms with Crippen molar-refractivity contribution in [3.8, 4) is 11.5 Å². The summed E-state index contributed by atoms with van der Waals surface area (Å²) in [6.45, 7) is 3.64. The van der Waals surface area contributed by atoms with Gasteiger partial charge < -0.3 is 19.5 Å². The van der Waals surface area contributed by atoms with Gasteiger partial charge in [-0.1, -0.05) is 37.6 Å². The number of aliphatic carboxylic acids is 1. The maximum Gasteiger partial charge on any atom is 0.308 e. The number of amides is 1. The topological polar surface area (TPSA) is 76.1 Å². The summed E-state index contributed by atoms with van der Waals surface area (Å²) in [4.78, 5) is 24.7. The summed E-state index contributed by atoms with van der Waals surface area (Å²) in [7, 11) is 0. The first-order valence-electron chi connectivity index (χ1n) is 9.99. The summed E-state index contributed by atoms with van der Waals surface area (Å²) in [6.07, 6.45) is 2.27. The predicted molar refractivity (Wildman–Crippen MR) is 109 cm³/mol. The average molecular weight is 397 g/mol. The van der Waals surface area contributed by atoms with Gasteiger partial charge in [0.05, 0.1) is 5.92 Å². The highest BCUT2D eigenvalue weighted by Gasteiger charge is 2.34. The summed E-state index contributed by atoms with van der Waals surface area (Å²) in [6, 6.07) is 15.6. The molecule has 1 N–H and O–H groups in total. The van der Waals surface area contributed by atoms with E-state index in [0.29, 0.717) is 25.5 Å². The van der Waals surface area contributed by atoms with Crippen LogP contribution < -0.4 is 9.47 Å². The van der Waals surface area contributed by atoms with Crippen LogP contribution in [0.5, 0.6) is 11.5 Å². The number of carbonyl (C=O) groups excluding carboxylic acids is 1. The van der Waals surface area contributed by atoms with Gasteiger partial charge in [-0.2, -0.15) is 0 Å². The minimum atomic E-state index is -0.919. The maximum absolute atomic E-state index is 12.0. The van der Waals surface area contributed by atoms with Crippen molar-refractivity contribution in [2.75, 3.05) is 19.8 Å². The van der Waals surface area contributed by atoms with Crippen LogP contribution in [0.1, 0.15) is 30.9 Å². The lowest BCUT2D eigenvalue weighted by Crippen LogP contribution is -2.25. The van der Waals surface area contributed by atoms with Gasteiger partial charge in [0, 0.05) is 19.5 Å². The van der Waals surface area contributed by atoms with Crippen LogP contribution in [-0.2, 0) is 22.6 Å². The molecule has 1 fully saturated rings. The minimum Gasteiger partial charge on any atom is -0.490 e. The Morgan fingerprint density at radius 1 is 1.07 bits per heavy atom. The molecule has 0 spiro atoms. The largest absolute Gasteiger partial charge is 0.490 e. The molecule has 1 unspecified atom stereocenters. The summed E-state index contributed by atoms with van der Waals surface area (Å²) < 4.78 is 11.5. The van der Waals surface area contributed by atoms with Gasteiger partial charge in [-0.15, -0.1) is 0 Å². The lowest BCUT2D eigenvalue weighted by Gasteiger charge is -2.16. The second-order valence-corrected chi connectivity index (χ2v) is 7.25. The third-order valence-electron chi connectivity index (χ3n) is 4.92. The molecule has 6 heteroatoms. The van der Waals surface area contributed by atoms with Crippen LogP contribution in [0.2, 0.25) is 0 Å². The Hall–Kier alpha value is -3.02. The number of hydrogen-bond acceptors (Lipinski definition) is 4. The van der Waals surface area contributed by atoms with Gasteiger partial charge in [0.25, 0.3) is 0 Å². The first kappa shape index (κ1) is 20.7. The number of carboxylic acid groups (broad SMARTS) is 1. The molecule has 6 nitrogen and oxygen atoms in total. The highest BCUT2D eigenvalue weighted by molar-refractivity contribution is 5.86. The van der Waals surface area contributed by atoms with Gasteiger partial charge >= 0.3 is 5.97 Å². The number of nitrogens with zero attached hydrogens (tertiary/aromatic N) is 1. The molecule has 2 aromatic carbocycles. The Kier molecular flexibility index (Phi) is 7.11. The number of carboxylic acids is 1. The molecule has 154 valence electrons. The molecular weight excluding hydrogens is 370 g/mol. The van der Waals surface area contributed by atoms with Crippen LogP contribution in [0.4, 0.5) is 0 Å². The zero-order valence-electron chi connectivity index (χ0n) is 16.7. The maximum atomic E-state index is 12.0. The lowest BCUT2D eigenvalue weighted by molar-refractivity contribution is -0.141. The third kappa shape index (κ3) is 5.98. The third-order valence-corrected chi connectivity index (χ3v) is 4.92. The van der Waals surface area contributed by atoms with Gasteiger partial charge in [0.2, 0.25) is 5.91 Å². The molecule has 1 atom stereocenters. The summed E-state index contributed by atoms with van der Waals surface area (Å²) in [5, 5.41) is 9.09. The molecule has 0 saturated carbocycles. The van der Waals surface area contributed by atoms with Crippen molar-refractivity contribution >= 4 is 11.9 Å². The molecule has 1 aliphatic heterocycles. The summed E-state index contributed by atoms with van der Waals surface area (Å²) in [5.74, 6) is -0.135. The number of carbonyl (C=O) groups is 2. The van der Waals surface area contributed by atoms with Crippen LogP contribution >= 0.6 is 0 Å². The van der Waals surface area contributed by atoms with Crippen LogP contribution in [-0.4, -0.2) is 41.6 Å². The smallest absolute Gasteiger partial charge is 0.308 e. The molecule has 1 amide bonds. The molecule has 0 radical (unpaired) electrons. The van der Waals surface area contributed by atoms with Crippen molar-refractivity contribution in [2.45, 2.75) is 32.7 Å². The Morgan fingerprint density at radius 3 is 2.45 bits per heavy atom. The lowest BCUT2D eigenvalue weighted by atomic mass is 10.1. The number of benzene rings is 2. The molecule has 1 saturated heterocycles. The number of rotatable bonds is 10. The predicted octanol–water partition coefficient (Wildman–Crippen LogP) is 3.53. The summed E-state index contributed by atoms with van der Waals surface area (Å²) in [5.41, 5.74) is 2.22. The number of aryl methyl sites for hydroxylation is 1. The van der Waals surface area contributed by atoms with Crippen LogP contribution in [0.3, 0.4) is 0 Å². The van der Waals surface area contributed by atoms with Crippen molar-refractivity contribution in [1.82, 2.24) is 4.90 Å². The molecule has 1 heterocycles. The van der Waals surface area contributed by atoms with Gasteiger partial charge in [-0.05, 0) is 41.8 Å². The Balaban J connectivity index is 1.45. The molecule has 1 aliphatic rings. The molecule has 29 heavy (non-hydrogen) atoms. The monoisotopic (exact) mass is 397 g/mol. The van der Waals surface area contributed by atoms with E-state index in [9.17, 15) is 9.59 Å². The zero-order valence-corrected chi connectivity index (χ0v) is 16.7. The van der Waals surface area contributed by atoms with Crippen molar-refractivity contribution < 1.29 is 24.2 Å². The zero-order chi connectivity index (χ0) is 20.6. The Labute approximate surface area is 171 Å². The van der Waals surface area contributed by atoms with Crippen molar-refractivity contribution in [2.24, 2.45) is 5.92 Å². The van der Waals surface area contributed by atoms with E-state index in [1.54, 1.807) is 4.90 Å². The molecule has 0 bridgehead atoms. The SMILES string of the molecule is CCCc1ccc(OCCOc2cccc(CN3CC(C(=O)O)CC3=O)c2)cc1. The minimum absolute atomic E-state index is 0.0717. The highest BCUT2D eigenvalue weighted by Crippen LogP contribution is 2.22. The molecule has 0 aliphatic carbocycles. The number of likely N-dealkylation sites (tertiary alicyclic amines) is 1. The normalized spacial score (nSPS) is 16.1. The summed E-state index contributed by atoms with van der Waals surface area (Å²) >= 11 is 0. The second-order valence-electron chi connectivity index (χ2n) is 7.25. The van der Waals surface area contributed by atoms with Crippen molar-refractivity contribution in [3.63, 3.8) is 0 Å². The molecule has 3 rings (SSSR count). The highest BCUT2D eigenvalue weighted by atomic mass is 16.5. The van der Waals surface area contributed by atoms with E-state index < -0.39 is 11.9 Å². The molecule has 2 aromatic rings. The van der Waals surface area contributed by atoms with E-state index in [0.717, 1.165) is 24.2 Å². The van der Waals surface area contributed by atoms with E-state index in [-0.39, 0.29) is 18.9 Å². The Bertz CT molecular complexity index is 833. The fourth-order valence-corrected chi connectivity index (χ4v) is 3.40.